The van der Waals surface area contributed by atoms with Crippen LogP contribution in [0.1, 0.15) is 0 Å². The van der Waals surface area contributed by atoms with Crippen LogP contribution >= 0.6 is 0 Å². The number of aliphatic hydroxyl groups excluding tert-OH is 1. The number of aliphatic hydroxyl groups is 1. The predicted molar refractivity (Wildman–Crippen MR) is 34.7 cm³/mol. The molecule has 7 heteroatoms. The van der Waals surface area contributed by atoms with Crippen LogP contribution in [0.2, 0.25) is 0 Å². The van der Waals surface area contributed by atoms with E-state index < -0.39 is 24.1 Å². The van der Waals surface area contributed by atoms with Crippen LogP contribution in [0.15, 0.2) is 11.8 Å². The van der Waals surface area contributed by atoms with Crippen LogP contribution in [-0.2, 0) is 14.6 Å². The minimum atomic E-state index is -5.02. The van der Waals surface area contributed by atoms with Crippen LogP contribution in [0.5, 0.6) is 0 Å². The van der Waals surface area contributed by atoms with E-state index >= 15 is 0 Å². The second-order valence-electron chi connectivity index (χ2n) is 1.91. The van der Waals surface area contributed by atoms with E-state index in [9.17, 15) is 18.0 Å². The summed E-state index contributed by atoms with van der Waals surface area (Å²) in [5.74, 6) is -2.16. The fourth-order valence-electron chi connectivity index (χ4n) is 0.466. The van der Waals surface area contributed by atoms with Gasteiger partial charge in [0, 0.05) is 0 Å². The number of halogens is 3. The molecule has 0 unspecified atom stereocenters. The lowest BCUT2D eigenvalue weighted by Gasteiger charge is -2.06. The summed E-state index contributed by atoms with van der Waals surface area (Å²) in [6, 6.07) is 0. The second kappa shape index (κ2) is 4.83. The van der Waals surface area contributed by atoms with E-state index in [1.165, 1.54) is 0 Å². The quantitative estimate of drug-likeness (QED) is 0.320. The van der Waals surface area contributed by atoms with Crippen molar-refractivity contribution in [2.75, 3.05) is 13.7 Å². The van der Waals surface area contributed by atoms with Crippen molar-refractivity contribution >= 4 is 5.78 Å². The van der Waals surface area contributed by atoms with Gasteiger partial charge in [-0.05, 0) is 0 Å². The molecule has 0 spiro atoms. The van der Waals surface area contributed by atoms with E-state index in [0.29, 0.717) is 0 Å². The van der Waals surface area contributed by atoms with Gasteiger partial charge in [0.1, 0.15) is 6.61 Å². The largest absolute Gasteiger partial charge is 0.515 e. The Morgan fingerprint density at radius 3 is 2.38 bits per heavy atom. The minimum absolute atomic E-state index is 0.0366. The molecule has 0 rings (SSSR count). The second-order valence-corrected chi connectivity index (χ2v) is 1.91. The van der Waals surface area contributed by atoms with Crippen LogP contribution in [0.25, 0.3) is 0 Å². The maximum absolute atomic E-state index is 11.7. The average Bonchev–Trinajstić information content (AvgIpc) is 2.04. The standard InChI is InChI=1S/C6H7F3O4/c1-12-13-3-4(2-10)5(11)6(7,8)9/h2,10H,3H2,1H3/b4-2+. The lowest BCUT2D eigenvalue weighted by Crippen LogP contribution is -2.26. The van der Waals surface area contributed by atoms with Gasteiger partial charge in [0.05, 0.1) is 18.9 Å². The Morgan fingerprint density at radius 2 is 2.08 bits per heavy atom. The summed E-state index contributed by atoms with van der Waals surface area (Å²) < 4.78 is 35.1. The van der Waals surface area contributed by atoms with E-state index in [2.05, 4.69) is 9.78 Å². The molecule has 0 radical (unpaired) electrons. The molecule has 0 saturated heterocycles. The van der Waals surface area contributed by atoms with Gasteiger partial charge in [-0.1, -0.05) is 0 Å². The van der Waals surface area contributed by atoms with Gasteiger partial charge in [-0.15, -0.1) is 0 Å². The first-order valence-electron chi connectivity index (χ1n) is 3.04. The fourth-order valence-corrected chi connectivity index (χ4v) is 0.466. The van der Waals surface area contributed by atoms with Crippen LogP contribution in [0.3, 0.4) is 0 Å². The zero-order valence-electron chi connectivity index (χ0n) is 6.59. The lowest BCUT2D eigenvalue weighted by atomic mass is 10.2. The molecule has 4 nitrogen and oxygen atoms in total. The van der Waals surface area contributed by atoms with Crippen LogP contribution < -0.4 is 0 Å². The molecule has 0 aliphatic rings. The summed E-state index contributed by atoms with van der Waals surface area (Å²) in [5, 5.41) is 8.27. The van der Waals surface area contributed by atoms with E-state index in [-0.39, 0.29) is 6.26 Å². The van der Waals surface area contributed by atoms with E-state index in [1.807, 2.05) is 0 Å². The van der Waals surface area contributed by atoms with Gasteiger partial charge >= 0.3 is 6.18 Å². The fraction of sp³-hybridized carbons (Fsp3) is 0.500. The molecule has 0 aliphatic carbocycles. The summed E-state index contributed by atoms with van der Waals surface area (Å²) in [6.45, 7) is -0.759. The molecular weight excluding hydrogens is 193 g/mol. The number of ketones is 1. The molecule has 0 bridgehead atoms. The summed E-state index contributed by atoms with van der Waals surface area (Å²) >= 11 is 0. The maximum atomic E-state index is 11.7. The topological polar surface area (TPSA) is 55.8 Å². The first-order chi connectivity index (χ1) is 5.93. The molecule has 0 heterocycles. The van der Waals surface area contributed by atoms with Gasteiger partial charge in [0.15, 0.2) is 0 Å². The Balaban J connectivity index is 4.35. The predicted octanol–water partition coefficient (Wildman–Crippen LogP) is 1.14. The zero-order valence-corrected chi connectivity index (χ0v) is 6.59. The smallest absolute Gasteiger partial charge is 0.454 e. The summed E-state index contributed by atoms with van der Waals surface area (Å²) in [4.78, 5) is 18.4. The average molecular weight is 200 g/mol. The number of hydrogen-bond acceptors (Lipinski definition) is 4. The maximum Gasteiger partial charge on any atom is 0.454 e. The van der Waals surface area contributed by atoms with Crippen molar-refractivity contribution in [2.45, 2.75) is 6.18 Å². The number of Topliss-reactive ketones (excluding diaryl/α,β-unsaturated/α-hetero) is 1. The van der Waals surface area contributed by atoms with E-state index in [4.69, 9.17) is 5.11 Å². The Bertz CT molecular complexity index is 208. The minimum Gasteiger partial charge on any atom is -0.515 e. The number of alkyl halides is 3. The summed E-state index contributed by atoms with van der Waals surface area (Å²) in [7, 11) is 1.06. The highest BCUT2D eigenvalue weighted by Gasteiger charge is 2.40. The SMILES string of the molecule is COOC/C(=C\O)C(=O)C(F)(F)F. The molecule has 76 valence electrons. The Morgan fingerprint density at radius 1 is 1.54 bits per heavy atom. The van der Waals surface area contributed by atoms with Crippen molar-refractivity contribution in [1.82, 2.24) is 0 Å². The molecule has 0 aromatic carbocycles. The molecule has 1 N–H and O–H groups in total. The Labute approximate surface area is 71.5 Å². The first kappa shape index (κ1) is 11.9. The number of hydrogen-bond donors (Lipinski definition) is 1. The molecule has 0 saturated carbocycles. The van der Waals surface area contributed by atoms with Crippen molar-refractivity contribution < 1.29 is 32.8 Å². The van der Waals surface area contributed by atoms with Gasteiger partial charge in [-0.3, -0.25) is 4.79 Å². The Hall–Kier alpha value is -1.08. The van der Waals surface area contributed by atoms with E-state index in [1.54, 1.807) is 0 Å². The van der Waals surface area contributed by atoms with Crippen LogP contribution in [0, 0.1) is 0 Å². The molecule has 13 heavy (non-hydrogen) atoms. The molecule has 0 amide bonds. The lowest BCUT2D eigenvalue weighted by molar-refractivity contribution is -0.265. The molecule has 0 aromatic rings. The highest BCUT2D eigenvalue weighted by molar-refractivity contribution is 5.99. The van der Waals surface area contributed by atoms with Crippen molar-refractivity contribution in [3.63, 3.8) is 0 Å². The monoisotopic (exact) mass is 200 g/mol. The summed E-state index contributed by atoms with van der Waals surface area (Å²) in [6.07, 6.45) is -4.99. The van der Waals surface area contributed by atoms with Gasteiger partial charge in [0.25, 0.3) is 5.78 Å². The Kier molecular flexibility index (Phi) is 4.43. The molecule has 0 fully saturated rings. The molecular formula is C6H7F3O4. The normalized spacial score (nSPS) is 13.1. The van der Waals surface area contributed by atoms with Gasteiger partial charge in [0.2, 0.25) is 0 Å². The number of carbonyl (C=O) groups is 1. The number of rotatable bonds is 4. The van der Waals surface area contributed by atoms with Crippen molar-refractivity contribution in [3.8, 4) is 0 Å². The van der Waals surface area contributed by atoms with Crippen LogP contribution in [0.4, 0.5) is 13.2 Å². The third-order valence-electron chi connectivity index (χ3n) is 1.04. The zero-order chi connectivity index (χ0) is 10.5. The van der Waals surface area contributed by atoms with E-state index in [0.717, 1.165) is 7.11 Å². The third kappa shape index (κ3) is 3.90. The van der Waals surface area contributed by atoms with Crippen LogP contribution in [-0.4, -0.2) is 30.8 Å². The summed E-state index contributed by atoms with van der Waals surface area (Å²) in [5.41, 5.74) is -0.922. The first-order valence-corrected chi connectivity index (χ1v) is 3.04. The van der Waals surface area contributed by atoms with Gasteiger partial charge in [-0.25, -0.2) is 9.78 Å². The van der Waals surface area contributed by atoms with Crippen molar-refractivity contribution in [2.24, 2.45) is 0 Å². The number of carbonyl (C=O) groups excluding carboxylic acids is 1. The highest BCUT2D eigenvalue weighted by Crippen LogP contribution is 2.20. The van der Waals surface area contributed by atoms with Gasteiger partial charge < -0.3 is 5.11 Å². The molecule has 0 aromatic heterocycles. The molecule has 0 atom stereocenters. The third-order valence-corrected chi connectivity index (χ3v) is 1.04. The molecule has 0 aliphatic heterocycles. The van der Waals surface area contributed by atoms with Gasteiger partial charge in [-0.2, -0.15) is 13.2 Å². The van der Waals surface area contributed by atoms with Crippen molar-refractivity contribution in [3.05, 3.63) is 11.8 Å². The highest BCUT2D eigenvalue weighted by atomic mass is 19.4. The van der Waals surface area contributed by atoms with Crippen molar-refractivity contribution in [1.29, 1.82) is 0 Å².